The Bertz CT molecular complexity index is 701. The Morgan fingerprint density at radius 1 is 1.32 bits per heavy atom. The lowest BCUT2D eigenvalue weighted by Crippen LogP contribution is -2.42. The minimum absolute atomic E-state index is 0.0978. The van der Waals surface area contributed by atoms with Crippen molar-refractivity contribution in [2.45, 2.75) is 25.4 Å². The molecular weight excluding hydrogens is 304 g/mol. The van der Waals surface area contributed by atoms with E-state index in [2.05, 4.69) is 0 Å². The van der Waals surface area contributed by atoms with Crippen LogP contribution in [0.1, 0.15) is 28.8 Å². The molecule has 1 fully saturated rings. The SMILES string of the molecule is CS(=O)(=O)N1CCc2cc(C(=O)N3CCC[C@H](O)C3)ccc21. The van der Waals surface area contributed by atoms with E-state index >= 15 is 0 Å². The molecule has 0 aliphatic carbocycles. The molecule has 3 rings (SSSR count). The molecule has 1 atom stereocenters. The normalized spacial score (nSPS) is 21.8. The Kier molecular flexibility index (Phi) is 3.86. The molecule has 0 radical (unpaired) electrons. The van der Waals surface area contributed by atoms with Crippen LogP contribution < -0.4 is 4.31 Å². The maximum Gasteiger partial charge on any atom is 0.253 e. The highest BCUT2D eigenvalue weighted by molar-refractivity contribution is 7.92. The second-order valence-corrected chi connectivity index (χ2v) is 7.88. The zero-order chi connectivity index (χ0) is 15.9. The zero-order valence-corrected chi connectivity index (χ0v) is 13.3. The molecule has 0 spiro atoms. The second kappa shape index (κ2) is 5.55. The molecule has 1 aromatic carbocycles. The number of aliphatic hydroxyl groups excluding tert-OH is 1. The van der Waals surface area contributed by atoms with Crippen LogP contribution in [0.15, 0.2) is 18.2 Å². The van der Waals surface area contributed by atoms with Gasteiger partial charge in [-0.25, -0.2) is 8.42 Å². The number of piperidine rings is 1. The summed E-state index contributed by atoms with van der Waals surface area (Å²) in [5.74, 6) is -0.0978. The first-order valence-corrected chi connectivity index (χ1v) is 9.29. The van der Waals surface area contributed by atoms with Crippen LogP contribution in [0.3, 0.4) is 0 Å². The lowest BCUT2D eigenvalue weighted by molar-refractivity contribution is 0.0473. The predicted octanol–water partition coefficient (Wildman–Crippen LogP) is 0.606. The molecule has 0 unspecified atom stereocenters. The van der Waals surface area contributed by atoms with Crippen molar-refractivity contribution in [1.29, 1.82) is 0 Å². The highest BCUT2D eigenvalue weighted by atomic mass is 32.2. The van der Waals surface area contributed by atoms with Crippen molar-refractivity contribution >= 4 is 21.6 Å². The van der Waals surface area contributed by atoms with Gasteiger partial charge in [-0.3, -0.25) is 9.10 Å². The summed E-state index contributed by atoms with van der Waals surface area (Å²) >= 11 is 0. The Morgan fingerprint density at radius 2 is 2.09 bits per heavy atom. The molecule has 22 heavy (non-hydrogen) atoms. The number of likely N-dealkylation sites (tertiary alicyclic amines) is 1. The number of nitrogens with zero attached hydrogens (tertiary/aromatic N) is 2. The first kappa shape index (κ1) is 15.3. The number of benzene rings is 1. The van der Waals surface area contributed by atoms with Gasteiger partial charge >= 0.3 is 0 Å². The van der Waals surface area contributed by atoms with Gasteiger partial charge in [-0.05, 0) is 43.0 Å². The van der Waals surface area contributed by atoms with Gasteiger partial charge in [0.05, 0.1) is 18.0 Å². The maximum atomic E-state index is 12.5. The fourth-order valence-electron chi connectivity index (χ4n) is 3.17. The van der Waals surface area contributed by atoms with Gasteiger partial charge in [0.15, 0.2) is 0 Å². The van der Waals surface area contributed by atoms with E-state index in [0.29, 0.717) is 37.3 Å². The lowest BCUT2D eigenvalue weighted by atomic mass is 10.0. The summed E-state index contributed by atoms with van der Waals surface area (Å²) in [6.07, 6.45) is 2.90. The number of hydrogen-bond donors (Lipinski definition) is 1. The summed E-state index contributed by atoms with van der Waals surface area (Å²) in [5.41, 5.74) is 2.11. The highest BCUT2D eigenvalue weighted by Gasteiger charge is 2.28. The van der Waals surface area contributed by atoms with Gasteiger partial charge < -0.3 is 10.0 Å². The molecule has 2 heterocycles. The monoisotopic (exact) mass is 324 g/mol. The third-order valence-electron chi connectivity index (χ3n) is 4.26. The fraction of sp³-hybridized carbons (Fsp3) is 0.533. The molecule has 0 bridgehead atoms. The van der Waals surface area contributed by atoms with E-state index in [4.69, 9.17) is 0 Å². The average Bonchev–Trinajstić information content (AvgIpc) is 2.89. The number of amides is 1. The standard InChI is InChI=1S/C15H20N2O4S/c1-22(20,21)17-8-6-11-9-12(4-5-14(11)17)15(19)16-7-2-3-13(18)10-16/h4-5,9,13,18H,2-3,6-8,10H2,1H3/t13-/m0/s1. The molecule has 0 aromatic heterocycles. The van der Waals surface area contributed by atoms with E-state index in [1.165, 1.54) is 10.6 Å². The quantitative estimate of drug-likeness (QED) is 0.864. The van der Waals surface area contributed by atoms with Crippen molar-refractivity contribution in [1.82, 2.24) is 4.90 Å². The van der Waals surface area contributed by atoms with Crippen molar-refractivity contribution in [2.75, 3.05) is 30.2 Å². The molecule has 1 amide bonds. The second-order valence-electron chi connectivity index (χ2n) is 5.98. The van der Waals surface area contributed by atoms with E-state index < -0.39 is 16.1 Å². The van der Waals surface area contributed by atoms with Crippen molar-refractivity contribution < 1.29 is 18.3 Å². The van der Waals surface area contributed by atoms with Gasteiger partial charge in [-0.1, -0.05) is 0 Å². The molecule has 0 saturated carbocycles. The largest absolute Gasteiger partial charge is 0.391 e. The molecule has 6 nitrogen and oxygen atoms in total. The van der Waals surface area contributed by atoms with Crippen LogP contribution in [-0.2, 0) is 16.4 Å². The predicted molar refractivity (Wildman–Crippen MR) is 83.5 cm³/mol. The van der Waals surface area contributed by atoms with Crippen LogP contribution in [0.5, 0.6) is 0 Å². The molecule has 2 aliphatic heterocycles. The lowest BCUT2D eigenvalue weighted by Gasteiger charge is -2.30. The molecular formula is C15H20N2O4S. The van der Waals surface area contributed by atoms with Gasteiger partial charge in [0.1, 0.15) is 0 Å². The molecule has 1 saturated heterocycles. The van der Waals surface area contributed by atoms with Gasteiger partial charge in [0.2, 0.25) is 10.0 Å². The number of rotatable bonds is 2. The number of hydrogen-bond acceptors (Lipinski definition) is 4. The number of anilines is 1. The molecule has 120 valence electrons. The molecule has 2 aliphatic rings. The van der Waals surface area contributed by atoms with Crippen LogP contribution in [0.4, 0.5) is 5.69 Å². The first-order chi connectivity index (χ1) is 10.4. The van der Waals surface area contributed by atoms with Gasteiger partial charge in [0, 0.05) is 25.2 Å². The Labute approximate surface area is 130 Å². The smallest absolute Gasteiger partial charge is 0.253 e. The van der Waals surface area contributed by atoms with Crippen LogP contribution >= 0.6 is 0 Å². The summed E-state index contributed by atoms with van der Waals surface area (Å²) in [5, 5.41) is 9.69. The Hall–Kier alpha value is -1.60. The average molecular weight is 324 g/mol. The van der Waals surface area contributed by atoms with Crippen molar-refractivity contribution in [2.24, 2.45) is 0 Å². The van der Waals surface area contributed by atoms with E-state index in [0.717, 1.165) is 18.4 Å². The topological polar surface area (TPSA) is 77.9 Å². The number of carbonyl (C=O) groups excluding carboxylic acids is 1. The fourth-order valence-corrected chi connectivity index (χ4v) is 4.13. The minimum Gasteiger partial charge on any atom is -0.391 e. The summed E-state index contributed by atoms with van der Waals surface area (Å²) in [4.78, 5) is 14.2. The number of sulfonamides is 1. The summed E-state index contributed by atoms with van der Waals surface area (Å²) < 4.78 is 24.8. The number of aliphatic hydroxyl groups is 1. The van der Waals surface area contributed by atoms with Crippen molar-refractivity contribution in [3.05, 3.63) is 29.3 Å². The van der Waals surface area contributed by atoms with Gasteiger partial charge in [-0.15, -0.1) is 0 Å². The highest BCUT2D eigenvalue weighted by Crippen LogP contribution is 2.31. The van der Waals surface area contributed by atoms with Crippen LogP contribution in [0.2, 0.25) is 0 Å². The number of fused-ring (bicyclic) bond motifs is 1. The van der Waals surface area contributed by atoms with E-state index in [9.17, 15) is 18.3 Å². The van der Waals surface area contributed by atoms with E-state index in [-0.39, 0.29) is 5.91 Å². The van der Waals surface area contributed by atoms with Crippen LogP contribution in [-0.4, -0.2) is 56.3 Å². The van der Waals surface area contributed by atoms with Gasteiger partial charge in [0.25, 0.3) is 5.91 Å². The molecule has 7 heteroatoms. The maximum absolute atomic E-state index is 12.5. The van der Waals surface area contributed by atoms with Crippen LogP contribution in [0.25, 0.3) is 0 Å². The van der Waals surface area contributed by atoms with Crippen molar-refractivity contribution in [3.8, 4) is 0 Å². The number of carbonyl (C=O) groups is 1. The Balaban J connectivity index is 1.84. The summed E-state index contributed by atoms with van der Waals surface area (Å²) in [6, 6.07) is 5.16. The molecule has 1 aromatic rings. The molecule has 1 N–H and O–H groups in total. The summed E-state index contributed by atoms with van der Waals surface area (Å²) in [7, 11) is -3.27. The third kappa shape index (κ3) is 2.83. The van der Waals surface area contributed by atoms with E-state index in [1.807, 2.05) is 0 Å². The number of β-amino-alcohol motifs (C(OH)–C–C–N with tert-alkyl or cyclic N) is 1. The third-order valence-corrected chi connectivity index (χ3v) is 5.44. The van der Waals surface area contributed by atoms with Gasteiger partial charge in [-0.2, -0.15) is 0 Å². The van der Waals surface area contributed by atoms with Crippen LogP contribution in [0, 0.1) is 0 Å². The Morgan fingerprint density at radius 3 is 2.77 bits per heavy atom. The van der Waals surface area contributed by atoms with Crippen molar-refractivity contribution in [3.63, 3.8) is 0 Å². The summed E-state index contributed by atoms with van der Waals surface area (Å²) in [6.45, 7) is 1.45. The van der Waals surface area contributed by atoms with E-state index in [1.54, 1.807) is 23.1 Å². The zero-order valence-electron chi connectivity index (χ0n) is 12.5. The first-order valence-electron chi connectivity index (χ1n) is 7.44. The minimum atomic E-state index is -3.27.